The maximum Gasteiger partial charge on any atom is 0.189 e. The van der Waals surface area contributed by atoms with Crippen molar-refractivity contribution in [1.82, 2.24) is 0 Å². The summed E-state index contributed by atoms with van der Waals surface area (Å²) < 4.78 is 22.2. The molecule has 1 heterocycles. The van der Waals surface area contributed by atoms with Crippen LogP contribution in [0.25, 0.3) is 6.08 Å². The van der Waals surface area contributed by atoms with Crippen molar-refractivity contribution in [2.75, 3.05) is 46.4 Å². The highest BCUT2D eigenvalue weighted by atomic mass is 16.6. The van der Waals surface area contributed by atoms with Crippen molar-refractivity contribution in [2.45, 2.75) is 13.3 Å². The van der Waals surface area contributed by atoms with Crippen molar-refractivity contribution >= 4 is 17.5 Å². The minimum Gasteiger partial charge on any atom is -0.496 e. The molecular formula is C23H27NO5. The number of Topliss-reactive ketones (excluding diaryl/α,β-unsaturated/α-hetero) is 1. The molecule has 0 unspecified atom stereocenters. The van der Waals surface area contributed by atoms with E-state index in [1.54, 1.807) is 26.4 Å². The second kappa shape index (κ2) is 8.90. The smallest absolute Gasteiger partial charge is 0.189 e. The predicted molar refractivity (Wildman–Crippen MR) is 114 cm³/mol. The lowest BCUT2D eigenvalue weighted by Gasteiger charge is -2.20. The van der Waals surface area contributed by atoms with Crippen LogP contribution in [0.4, 0.5) is 5.69 Å². The van der Waals surface area contributed by atoms with Gasteiger partial charge in [-0.2, -0.15) is 0 Å². The van der Waals surface area contributed by atoms with Crippen LogP contribution in [-0.4, -0.2) is 47.3 Å². The van der Waals surface area contributed by atoms with E-state index in [-0.39, 0.29) is 5.78 Å². The summed E-state index contributed by atoms with van der Waals surface area (Å²) in [4.78, 5) is 15.1. The van der Waals surface area contributed by atoms with E-state index in [1.165, 1.54) is 0 Å². The van der Waals surface area contributed by atoms with Crippen LogP contribution in [0.15, 0.2) is 35.9 Å². The summed E-state index contributed by atoms with van der Waals surface area (Å²) >= 11 is 0. The van der Waals surface area contributed by atoms with Gasteiger partial charge in [0.05, 0.1) is 19.9 Å². The molecule has 0 fully saturated rings. The lowest BCUT2D eigenvalue weighted by molar-refractivity contribution is 0.103. The van der Waals surface area contributed by atoms with E-state index >= 15 is 0 Å². The van der Waals surface area contributed by atoms with Crippen LogP contribution in [0.3, 0.4) is 0 Å². The average Bonchev–Trinajstić information content (AvgIpc) is 2.75. The number of anilines is 1. The molecule has 2 aromatic carbocycles. The number of ether oxygens (including phenoxy) is 4. The minimum absolute atomic E-state index is 0.0322. The first-order valence-corrected chi connectivity index (χ1v) is 9.56. The molecule has 0 aliphatic carbocycles. The molecule has 1 aliphatic rings. The maximum absolute atomic E-state index is 13.2. The Morgan fingerprint density at radius 3 is 2.28 bits per heavy atom. The van der Waals surface area contributed by atoms with Gasteiger partial charge in [-0.3, -0.25) is 4.79 Å². The summed E-state index contributed by atoms with van der Waals surface area (Å²) in [7, 11) is 7.06. The molecule has 0 saturated carbocycles. The van der Waals surface area contributed by atoms with Gasteiger partial charge in [0.2, 0.25) is 0 Å². The Labute approximate surface area is 171 Å². The van der Waals surface area contributed by atoms with Gasteiger partial charge >= 0.3 is 0 Å². The number of carbonyl (C=O) groups excluding carboxylic acids is 1. The zero-order valence-corrected chi connectivity index (χ0v) is 17.6. The lowest BCUT2D eigenvalue weighted by atomic mass is 9.97. The molecular weight excluding hydrogens is 370 g/mol. The van der Waals surface area contributed by atoms with Crippen molar-refractivity contribution in [1.29, 1.82) is 0 Å². The topological polar surface area (TPSA) is 57.2 Å². The first kappa shape index (κ1) is 20.6. The number of fused-ring (bicyclic) bond motifs is 1. The van der Waals surface area contributed by atoms with Gasteiger partial charge in [0.1, 0.15) is 24.7 Å². The van der Waals surface area contributed by atoms with E-state index in [9.17, 15) is 4.79 Å². The third-order valence-electron chi connectivity index (χ3n) is 4.82. The molecule has 0 aromatic heterocycles. The fraction of sp³-hybridized carbons (Fsp3) is 0.348. The molecule has 0 N–H and O–H groups in total. The van der Waals surface area contributed by atoms with Crippen molar-refractivity contribution in [3.8, 4) is 23.0 Å². The van der Waals surface area contributed by atoms with Crippen LogP contribution in [0.1, 0.15) is 29.3 Å². The first-order chi connectivity index (χ1) is 14.0. The summed E-state index contributed by atoms with van der Waals surface area (Å²) in [5.41, 5.74) is 2.92. The Bertz CT molecular complexity index is 933. The van der Waals surface area contributed by atoms with Gasteiger partial charge in [0.15, 0.2) is 17.3 Å². The zero-order valence-electron chi connectivity index (χ0n) is 17.6. The summed E-state index contributed by atoms with van der Waals surface area (Å²) in [5, 5.41) is 0. The molecule has 3 rings (SSSR count). The van der Waals surface area contributed by atoms with Gasteiger partial charge in [-0.25, -0.2) is 0 Å². The highest BCUT2D eigenvalue weighted by Crippen LogP contribution is 2.38. The van der Waals surface area contributed by atoms with E-state index in [0.29, 0.717) is 48.0 Å². The summed E-state index contributed by atoms with van der Waals surface area (Å²) in [6.07, 6.45) is 2.44. The SMILES string of the molecule is CCC(=Cc1cc2c(cc1OC)OCCO2)C(=O)c1ccc(OC)c(N(C)C)c1. The van der Waals surface area contributed by atoms with Gasteiger partial charge < -0.3 is 23.8 Å². The van der Waals surface area contributed by atoms with Crippen molar-refractivity contribution < 1.29 is 23.7 Å². The number of nitrogens with zero attached hydrogens (tertiary/aromatic N) is 1. The molecule has 29 heavy (non-hydrogen) atoms. The van der Waals surface area contributed by atoms with Crippen LogP contribution in [0, 0.1) is 0 Å². The largest absolute Gasteiger partial charge is 0.496 e. The Balaban J connectivity index is 2.00. The Morgan fingerprint density at radius 2 is 1.69 bits per heavy atom. The molecule has 154 valence electrons. The summed E-state index contributed by atoms with van der Waals surface area (Å²) in [6.45, 7) is 2.97. The summed E-state index contributed by atoms with van der Waals surface area (Å²) in [5.74, 6) is 2.64. The molecule has 1 aliphatic heterocycles. The average molecular weight is 397 g/mol. The molecule has 0 spiro atoms. The number of carbonyl (C=O) groups is 1. The van der Waals surface area contributed by atoms with E-state index in [4.69, 9.17) is 18.9 Å². The Kier molecular flexibility index (Phi) is 6.32. The molecule has 0 radical (unpaired) electrons. The predicted octanol–water partition coefficient (Wildman–Crippen LogP) is 4.22. The number of hydrogen-bond donors (Lipinski definition) is 0. The van der Waals surface area contributed by atoms with E-state index in [1.807, 2.05) is 50.2 Å². The number of rotatable bonds is 7. The molecule has 0 bridgehead atoms. The van der Waals surface area contributed by atoms with E-state index < -0.39 is 0 Å². The van der Waals surface area contributed by atoms with Gasteiger partial charge in [0.25, 0.3) is 0 Å². The molecule has 0 saturated heterocycles. The molecule has 0 amide bonds. The van der Waals surface area contributed by atoms with Gasteiger partial charge in [-0.15, -0.1) is 0 Å². The highest BCUT2D eigenvalue weighted by Gasteiger charge is 2.18. The van der Waals surface area contributed by atoms with Gasteiger partial charge in [0, 0.05) is 36.9 Å². The molecule has 2 aromatic rings. The number of allylic oxidation sites excluding steroid dienone is 1. The quantitative estimate of drug-likeness (QED) is 0.515. The van der Waals surface area contributed by atoms with Crippen molar-refractivity contribution in [2.24, 2.45) is 0 Å². The standard InChI is InChI=1S/C23H27NO5/c1-6-15(23(25)16-7-8-19(26-4)18(12-16)24(2)3)11-17-13-21-22(14-20(17)27-5)29-10-9-28-21/h7-8,11-14H,6,9-10H2,1-5H3. The Morgan fingerprint density at radius 1 is 1.03 bits per heavy atom. The molecule has 6 nitrogen and oxygen atoms in total. The molecule has 0 atom stereocenters. The number of methoxy groups -OCH3 is 2. The van der Waals surface area contributed by atoms with Crippen LogP contribution in [0.5, 0.6) is 23.0 Å². The van der Waals surface area contributed by atoms with Crippen LogP contribution < -0.4 is 23.8 Å². The Hall–Kier alpha value is -3.15. The highest BCUT2D eigenvalue weighted by molar-refractivity contribution is 6.12. The minimum atomic E-state index is -0.0322. The van der Waals surface area contributed by atoms with Crippen LogP contribution >= 0.6 is 0 Å². The monoisotopic (exact) mass is 397 g/mol. The summed E-state index contributed by atoms with van der Waals surface area (Å²) in [6, 6.07) is 9.12. The van der Waals surface area contributed by atoms with Crippen molar-refractivity contribution in [3.05, 3.63) is 47.0 Å². The number of hydrogen-bond acceptors (Lipinski definition) is 6. The third kappa shape index (κ3) is 4.31. The third-order valence-corrected chi connectivity index (χ3v) is 4.82. The van der Waals surface area contributed by atoms with Gasteiger partial charge in [-0.05, 0) is 36.8 Å². The second-order valence-electron chi connectivity index (χ2n) is 6.87. The molecule has 6 heteroatoms. The first-order valence-electron chi connectivity index (χ1n) is 9.56. The zero-order chi connectivity index (χ0) is 21.0. The van der Waals surface area contributed by atoms with Crippen molar-refractivity contribution in [3.63, 3.8) is 0 Å². The fourth-order valence-corrected chi connectivity index (χ4v) is 3.26. The fourth-order valence-electron chi connectivity index (χ4n) is 3.26. The number of ketones is 1. The van der Waals surface area contributed by atoms with Crippen LogP contribution in [0.2, 0.25) is 0 Å². The number of benzene rings is 2. The van der Waals surface area contributed by atoms with Gasteiger partial charge in [-0.1, -0.05) is 6.92 Å². The lowest BCUT2D eigenvalue weighted by Crippen LogP contribution is -2.15. The van der Waals surface area contributed by atoms with Crippen LogP contribution in [-0.2, 0) is 0 Å². The van der Waals surface area contributed by atoms with E-state index in [0.717, 1.165) is 17.0 Å². The normalized spacial score (nSPS) is 13.1. The van der Waals surface area contributed by atoms with E-state index in [2.05, 4.69) is 0 Å². The maximum atomic E-state index is 13.2. The second-order valence-corrected chi connectivity index (χ2v) is 6.87.